The molecule has 7 heteroatoms. The fourth-order valence-corrected chi connectivity index (χ4v) is 6.63. The Labute approximate surface area is 172 Å². The highest BCUT2D eigenvalue weighted by Crippen LogP contribution is 2.64. The molecular weight excluding hydrogens is 382 g/mol. The predicted molar refractivity (Wildman–Crippen MR) is 113 cm³/mol. The molecule has 0 N–H and O–H groups in total. The minimum absolute atomic E-state index is 0.00303. The van der Waals surface area contributed by atoms with Gasteiger partial charge in [-0.1, -0.05) is 20.8 Å². The Morgan fingerprint density at radius 1 is 1.30 bits per heavy atom. The van der Waals surface area contributed by atoms with Crippen LogP contribution in [0.15, 0.2) is 0 Å². The fourth-order valence-electron chi connectivity index (χ4n) is 4.68. The van der Waals surface area contributed by atoms with E-state index in [1.807, 2.05) is 34.6 Å². The summed E-state index contributed by atoms with van der Waals surface area (Å²) in [6, 6.07) is 0. The Morgan fingerprint density at radius 2 is 1.89 bits per heavy atom. The molecule has 1 saturated carbocycles. The number of rotatable bonds is 5. The molecule has 5 nitrogen and oxygen atoms in total. The van der Waals surface area contributed by atoms with E-state index in [4.69, 9.17) is 21.7 Å². The molecule has 1 heterocycles. The van der Waals surface area contributed by atoms with Crippen LogP contribution < -0.4 is 0 Å². The third-order valence-corrected chi connectivity index (χ3v) is 7.87. The molecule has 0 bridgehead atoms. The van der Waals surface area contributed by atoms with Crippen molar-refractivity contribution in [2.75, 3.05) is 13.2 Å². The topological polar surface area (TPSA) is 55.8 Å². The number of amides is 1. The molecule has 2 rings (SSSR count). The highest BCUT2D eigenvalue weighted by molar-refractivity contribution is 8.23. The maximum Gasteiger partial charge on any atom is 0.411 e. The lowest BCUT2D eigenvalue weighted by atomic mass is 9.46. The van der Waals surface area contributed by atoms with Gasteiger partial charge in [-0.15, -0.1) is 0 Å². The van der Waals surface area contributed by atoms with E-state index in [0.29, 0.717) is 17.5 Å². The zero-order valence-electron chi connectivity index (χ0n) is 17.6. The second-order valence-corrected chi connectivity index (χ2v) is 10.4. The normalized spacial score (nSPS) is 29.6. The van der Waals surface area contributed by atoms with Gasteiger partial charge in [0.25, 0.3) is 0 Å². The fraction of sp³-hybridized carbons (Fsp3) is 0.850. The molecule has 1 saturated heterocycles. The first kappa shape index (κ1) is 22.5. The van der Waals surface area contributed by atoms with E-state index >= 15 is 0 Å². The number of likely N-dealkylation sites (tertiary alicyclic amines) is 1. The number of hydrogen-bond acceptors (Lipinski definition) is 6. The quantitative estimate of drug-likeness (QED) is 0.588. The van der Waals surface area contributed by atoms with Crippen LogP contribution in [0.1, 0.15) is 67.7 Å². The van der Waals surface area contributed by atoms with E-state index in [2.05, 4.69) is 13.8 Å². The average Bonchev–Trinajstić information content (AvgIpc) is 2.54. The molecule has 2 fully saturated rings. The van der Waals surface area contributed by atoms with Gasteiger partial charge in [0.05, 0.1) is 12.5 Å². The van der Waals surface area contributed by atoms with Crippen molar-refractivity contribution >= 4 is 40.2 Å². The highest BCUT2D eigenvalue weighted by Gasteiger charge is 2.70. The van der Waals surface area contributed by atoms with Gasteiger partial charge in [0.2, 0.25) is 4.38 Å². The van der Waals surface area contributed by atoms with Crippen LogP contribution in [0.3, 0.4) is 0 Å². The van der Waals surface area contributed by atoms with Gasteiger partial charge in [0, 0.05) is 12.5 Å². The first-order valence-electron chi connectivity index (χ1n) is 9.89. The zero-order chi connectivity index (χ0) is 20.6. The predicted octanol–water partition coefficient (Wildman–Crippen LogP) is 5.02. The molecule has 0 aromatic heterocycles. The number of carbonyl (C=O) groups is 2. The van der Waals surface area contributed by atoms with Crippen molar-refractivity contribution in [2.24, 2.45) is 17.3 Å². The summed E-state index contributed by atoms with van der Waals surface area (Å²) in [5.74, 6) is -0.0323. The third kappa shape index (κ3) is 3.74. The number of ether oxygens (including phenoxy) is 2. The van der Waals surface area contributed by atoms with E-state index in [1.54, 1.807) is 4.90 Å². The molecule has 3 unspecified atom stereocenters. The van der Waals surface area contributed by atoms with Crippen molar-refractivity contribution in [1.82, 2.24) is 4.90 Å². The molecule has 0 radical (unpaired) electrons. The molecule has 2 aliphatic rings. The summed E-state index contributed by atoms with van der Waals surface area (Å²) in [6.07, 6.45) is 2.13. The standard InChI is InChI=1S/C20H33NO4S2/c1-8-19(9-2)13(4)14(22)15(19)20(27-17(26)24-10-3)11-12-21(20)16(23)25-18(5,6)7/h13,15H,8-12H2,1-7H3. The van der Waals surface area contributed by atoms with Crippen molar-refractivity contribution in [3.63, 3.8) is 0 Å². The van der Waals surface area contributed by atoms with Gasteiger partial charge in [-0.3, -0.25) is 9.69 Å². The summed E-state index contributed by atoms with van der Waals surface area (Å²) in [6.45, 7) is 14.8. The van der Waals surface area contributed by atoms with Gasteiger partial charge in [0.1, 0.15) is 16.3 Å². The SMILES string of the molecule is CCOC(=S)SC1(C2C(=O)C(C)C2(CC)CC)CCN1C(=O)OC(C)(C)C. The number of ketones is 1. The van der Waals surface area contributed by atoms with Crippen molar-refractivity contribution in [3.8, 4) is 0 Å². The van der Waals surface area contributed by atoms with Gasteiger partial charge in [-0.2, -0.15) is 0 Å². The smallest absolute Gasteiger partial charge is 0.411 e. The number of thiocarbonyl (C=S) groups is 1. The Kier molecular flexibility index (Phi) is 6.57. The van der Waals surface area contributed by atoms with Gasteiger partial charge < -0.3 is 9.47 Å². The summed E-state index contributed by atoms with van der Waals surface area (Å²) in [7, 11) is 0. The third-order valence-electron chi connectivity index (χ3n) is 6.20. The molecule has 0 aromatic carbocycles. The summed E-state index contributed by atoms with van der Waals surface area (Å²) < 4.78 is 11.5. The van der Waals surface area contributed by atoms with E-state index in [1.165, 1.54) is 11.8 Å². The summed E-state index contributed by atoms with van der Waals surface area (Å²) in [5.41, 5.74) is -0.709. The molecule has 0 spiro atoms. The van der Waals surface area contributed by atoms with Crippen LogP contribution >= 0.6 is 24.0 Å². The average molecular weight is 416 g/mol. The maximum atomic E-state index is 13.1. The van der Waals surface area contributed by atoms with E-state index in [0.717, 1.165) is 19.3 Å². The van der Waals surface area contributed by atoms with E-state index < -0.39 is 10.5 Å². The van der Waals surface area contributed by atoms with Crippen LogP contribution in [0, 0.1) is 17.3 Å². The second kappa shape index (κ2) is 7.90. The molecule has 0 aromatic rings. The Balaban J connectivity index is 2.41. The molecule has 1 amide bonds. The van der Waals surface area contributed by atoms with Crippen molar-refractivity contribution in [2.45, 2.75) is 78.2 Å². The summed E-state index contributed by atoms with van der Waals surface area (Å²) >= 11 is 6.77. The second-order valence-electron chi connectivity index (χ2n) is 8.51. The monoisotopic (exact) mass is 415 g/mol. The molecule has 27 heavy (non-hydrogen) atoms. The largest absolute Gasteiger partial charge is 0.479 e. The molecule has 1 aliphatic heterocycles. The van der Waals surface area contributed by atoms with E-state index in [9.17, 15) is 9.59 Å². The number of nitrogens with zero attached hydrogens (tertiary/aromatic N) is 1. The van der Waals surface area contributed by atoms with Gasteiger partial charge in [0.15, 0.2) is 0 Å². The minimum Gasteiger partial charge on any atom is -0.479 e. The number of hydrogen-bond donors (Lipinski definition) is 0. The van der Waals surface area contributed by atoms with Crippen LogP contribution in [0.4, 0.5) is 4.79 Å². The molecular formula is C20H33NO4S2. The highest BCUT2D eigenvalue weighted by atomic mass is 32.2. The lowest BCUT2D eigenvalue weighted by Gasteiger charge is -2.65. The van der Waals surface area contributed by atoms with Crippen LogP contribution in [0.5, 0.6) is 0 Å². The van der Waals surface area contributed by atoms with Gasteiger partial charge in [-0.05, 0) is 76.4 Å². The zero-order valence-corrected chi connectivity index (χ0v) is 19.2. The Hall–Kier alpha value is -0.820. The van der Waals surface area contributed by atoms with Crippen LogP contribution in [0.2, 0.25) is 0 Å². The number of carbonyl (C=O) groups excluding carboxylic acids is 2. The first-order chi connectivity index (χ1) is 12.5. The minimum atomic E-state index is -0.704. The van der Waals surface area contributed by atoms with Crippen molar-refractivity contribution < 1.29 is 19.1 Å². The number of thioether (sulfide) groups is 1. The maximum absolute atomic E-state index is 13.1. The number of Topliss-reactive ketones (excluding diaryl/α,β-unsaturated/α-hetero) is 1. The van der Waals surface area contributed by atoms with Crippen LogP contribution in [-0.4, -0.2) is 44.8 Å². The lowest BCUT2D eigenvalue weighted by molar-refractivity contribution is -0.172. The summed E-state index contributed by atoms with van der Waals surface area (Å²) in [5, 5.41) is 0. The Morgan fingerprint density at radius 3 is 2.30 bits per heavy atom. The molecule has 3 atom stereocenters. The van der Waals surface area contributed by atoms with Crippen LogP contribution in [0.25, 0.3) is 0 Å². The van der Waals surface area contributed by atoms with Gasteiger partial charge >= 0.3 is 6.09 Å². The van der Waals surface area contributed by atoms with Crippen molar-refractivity contribution in [1.29, 1.82) is 0 Å². The first-order valence-corrected chi connectivity index (χ1v) is 11.1. The van der Waals surface area contributed by atoms with E-state index in [-0.39, 0.29) is 29.1 Å². The summed E-state index contributed by atoms with van der Waals surface area (Å²) in [4.78, 5) is 27.0. The molecule has 154 valence electrons. The lowest BCUT2D eigenvalue weighted by Crippen LogP contribution is -2.75. The Bertz CT molecular complexity index is 612. The van der Waals surface area contributed by atoms with Crippen molar-refractivity contribution in [3.05, 3.63) is 0 Å². The molecule has 1 aliphatic carbocycles. The van der Waals surface area contributed by atoms with Crippen LogP contribution in [-0.2, 0) is 14.3 Å². The van der Waals surface area contributed by atoms with Gasteiger partial charge in [-0.25, -0.2) is 4.79 Å².